The fourth-order valence-electron chi connectivity index (χ4n) is 4.23. The Balaban J connectivity index is 1.53. The van der Waals surface area contributed by atoms with Crippen molar-refractivity contribution in [1.82, 2.24) is 14.8 Å². The van der Waals surface area contributed by atoms with Gasteiger partial charge in [0.15, 0.2) is 0 Å². The van der Waals surface area contributed by atoms with Gasteiger partial charge in [-0.05, 0) is 25.7 Å². The van der Waals surface area contributed by atoms with Gasteiger partial charge in [-0.15, -0.1) is 11.3 Å². The van der Waals surface area contributed by atoms with E-state index in [0.717, 1.165) is 70.0 Å². The Morgan fingerprint density at radius 1 is 1.41 bits per heavy atom. The number of thiazole rings is 1. The van der Waals surface area contributed by atoms with E-state index in [1.165, 1.54) is 0 Å². The molecule has 6 heteroatoms. The number of carbonyl (C=O) groups is 1. The highest BCUT2D eigenvalue weighted by atomic mass is 32.1. The van der Waals surface area contributed by atoms with E-state index in [4.69, 9.17) is 4.74 Å². The molecule has 1 aromatic heterocycles. The van der Waals surface area contributed by atoms with Crippen LogP contribution in [-0.2, 0) is 16.1 Å². The van der Waals surface area contributed by atoms with E-state index in [0.29, 0.717) is 5.91 Å². The molecule has 4 heterocycles. The third-order valence-electron chi connectivity index (χ3n) is 5.36. The van der Waals surface area contributed by atoms with Gasteiger partial charge in [0, 0.05) is 44.4 Å². The highest BCUT2D eigenvalue weighted by Crippen LogP contribution is 2.43. The van der Waals surface area contributed by atoms with E-state index in [9.17, 15) is 4.79 Å². The standard InChI is InChI=1S/C16H23N3O2S/c20-15(19-6-1-2-7-19)16-4-9-21-13(16)3-8-18(12-16)11-14-17-5-10-22-14/h5,10,13H,1-4,6-9,11-12H2/t13-,16-/m1/s1. The van der Waals surface area contributed by atoms with Crippen molar-refractivity contribution in [2.75, 3.05) is 32.8 Å². The fraction of sp³-hybridized carbons (Fsp3) is 0.750. The molecule has 0 spiro atoms. The first-order chi connectivity index (χ1) is 10.8. The highest BCUT2D eigenvalue weighted by molar-refractivity contribution is 7.09. The lowest BCUT2D eigenvalue weighted by atomic mass is 9.75. The van der Waals surface area contributed by atoms with Gasteiger partial charge in [-0.1, -0.05) is 0 Å². The maximum absolute atomic E-state index is 13.2. The molecule has 0 radical (unpaired) electrons. The van der Waals surface area contributed by atoms with Crippen LogP contribution in [0.25, 0.3) is 0 Å². The Bertz CT molecular complexity index is 530. The number of hydrogen-bond acceptors (Lipinski definition) is 5. The molecule has 3 aliphatic heterocycles. The van der Waals surface area contributed by atoms with Crippen LogP contribution in [0.5, 0.6) is 0 Å². The molecule has 1 amide bonds. The van der Waals surface area contributed by atoms with Crippen molar-refractivity contribution in [2.45, 2.75) is 38.3 Å². The predicted molar refractivity (Wildman–Crippen MR) is 84.6 cm³/mol. The van der Waals surface area contributed by atoms with Crippen LogP contribution in [0.15, 0.2) is 11.6 Å². The van der Waals surface area contributed by atoms with Gasteiger partial charge in [-0.3, -0.25) is 9.69 Å². The van der Waals surface area contributed by atoms with Crippen LogP contribution in [-0.4, -0.2) is 59.6 Å². The Labute approximate surface area is 135 Å². The largest absolute Gasteiger partial charge is 0.377 e. The minimum Gasteiger partial charge on any atom is -0.377 e. The van der Waals surface area contributed by atoms with Crippen LogP contribution in [0.1, 0.15) is 30.7 Å². The Kier molecular flexibility index (Phi) is 3.92. The average molecular weight is 321 g/mol. The molecule has 4 rings (SSSR count). The van der Waals surface area contributed by atoms with Crippen LogP contribution in [0.3, 0.4) is 0 Å². The summed E-state index contributed by atoms with van der Waals surface area (Å²) in [5.74, 6) is 0.344. The monoisotopic (exact) mass is 321 g/mol. The quantitative estimate of drug-likeness (QED) is 0.851. The molecule has 1 aromatic rings. The molecule has 0 aromatic carbocycles. The van der Waals surface area contributed by atoms with Crippen molar-refractivity contribution in [1.29, 1.82) is 0 Å². The number of nitrogens with zero attached hydrogens (tertiary/aromatic N) is 3. The summed E-state index contributed by atoms with van der Waals surface area (Å²) < 4.78 is 5.94. The molecule has 22 heavy (non-hydrogen) atoms. The molecule has 0 saturated carbocycles. The number of rotatable bonds is 3. The van der Waals surface area contributed by atoms with E-state index < -0.39 is 0 Å². The lowest BCUT2D eigenvalue weighted by Gasteiger charge is -2.43. The Morgan fingerprint density at radius 3 is 3.05 bits per heavy atom. The molecular formula is C16H23N3O2S. The lowest BCUT2D eigenvalue weighted by Crippen LogP contribution is -2.57. The van der Waals surface area contributed by atoms with E-state index in [-0.39, 0.29) is 11.5 Å². The third kappa shape index (κ3) is 2.47. The van der Waals surface area contributed by atoms with Crippen molar-refractivity contribution < 1.29 is 9.53 Å². The van der Waals surface area contributed by atoms with Crippen molar-refractivity contribution in [3.63, 3.8) is 0 Å². The van der Waals surface area contributed by atoms with Crippen LogP contribution in [0, 0.1) is 5.41 Å². The number of carbonyl (C=O) groups excluding carboxylic acids is 1. The summed E-state index contributed by atoms with van der Waals surface area (Å²) in [7, 11) is 0. The molecule has 0 bridgehead atoms. The zero-order valence-electron chi connectivity index (χ0n) is 12.9. The number of amides is 1. The summed E-state index contributed by atoms with van der Waals surface area (Å²) >= 11 is 1.70. The number of likely N-dealkylation sites (tertiary alicyclic amines) is 2. The van der Waals surface area contributed by atoms with Gasteiger partial charge < -0.3 is 9.64 Å². The van der Waals surface area contributed by atoms with Crippen LogP contribution in [0.2, 0.25) is 0 Å². The number of ether oxygens (including phenoxy) is 1. The topological polar surface area (TPSA) is 45.7 Å². The number of hydrogen-bond donors (Lipinski definition) is 0. The van der Waals surface area contributed by atoms with Gasteiger partial charge in [-0.25, -0.2) is 4.98 Å². The SMILES string of the molecule is O=C(N1CCCC1)[C@@]12CCO[C@@H]1CCN(Cc1nccs1)C2. The summed E-state index contributed by atoms with van der Waals surface area (Å²) in [6.45, 7) is 5.28. The molecule has 5 nitrogen and oxygen atoms in total. The first-order valence-electron chi connectivity index (χ1n) is 8.30. The average Bonchev–Trinajstić information content (AvgIpc) is 3.27. The van der Waals surface area contributed by atoms with E-state index in [1.807, 2.05) is 11.6 Å². The molecule has 0 N–H and O–H groups in total. The van der Waals surface area contributed by atoms with Gasteiger partial charge >= 0.3 is 0 Å². The van der Waals surface area contributed by atoms with Gasteiger partial charge in [0.2, 0.25) is 5.91 Å². The highest BCUT2D eigenvalue weighted by Gasteiger charge is 2.54. The van der Waals surface area contributed by atoms with E-state index in [1.54, 1.807) is 11.3 Å². The second-order valence-corrected chi connectivity index (χ2v) is 7.67. The van der Waals surface area contributed by atoms with Gasteiger partial charge in [0.1, 0.15) is 5.01 Å². The molecule has 0 aliphatic carbocycles. The zero-order valence-corrected chi connectivity index (χ0v) is 13.7. The number of aromatic nitrogens is 1. The molecule has 0 unspecified atom stereocenters. The first-order valence-corrected chi connectivity index (χ1v) is 9.18. The fourth-order valence-corrected chi connectivity index (χ4v) is 4.88. The van der Waals surface area contributed by atoms with Crippen molar-refractivity contribution in [3.05, 3.63) is 16.6 Å². The summed E-state index contributed by atoms with van der Waals surface area (Å²) in [5.41, 5.74) is -0.306. The number of piperidine rings is 1. The van der Waals surface area contributed by atoms with E-state index in [2.05, 4.69) is 14.8 Å². The summed E-state index contributed by atoms with van der Waals surface area (Å²) in [6.07, 6.45) is 6.11. The summed E-state index contributed by atoms with van der Waals surface area (Å²) in [5, 5.41) is 3.16. The lowest BCUT2D eigenvalue weighted by molar-refractivity contribution is -0.149. The van der Waals surface area contributed by atoms with Crippen molar-refractivity contribution >= 4 is 17.2 Å². The maximum Gasteiger partial charge on any atom is 0.232 e. The van der Waals surface area contributed by atoms with Crippen molar-refractivity contribution in [2.24, 2.45) is 5.41 Å². The maximum atomic E-state index is 13.2. The summed E-state index contributed by atoms with van der Waals surface area (Å²) in [6, 6.07) is 0. The van der Waals surface area contributed by atoms with E-state index >= 15 is 0 Å². The van der Waals surface area contributed by atoms with Gasteiger partial charge in [-0.2, -0.15) is 0 Å². The molecule has 3 aliphatic rings. The molecular weight excluding hydrogens is 298 g/mol. The van der Waals surface area contributed by atoms with Crippen LogP contribution in [0.4, 0.5) is 0 Å². The third-order valence-corrected chi connectivity index (χ3v) is 6.12. The number of fused-ring (bicyclic) bond motifs is 1. The van der Waals surface area contributed by atoms with Gasteiger partial charge in [0.25, 0.3) is 0 Å². The predicted octanol–water partition coefficient (Wildman–Crippen LogP) is 1.75. The normalized spacial score (nSPS) is 32.4. The van der Waals surface area contributed by atoms with Crippen LogP contribution >= 0.6 is 11.3 Å². The minimum absolute atomic E-state index is 0.119. The molecule has 3 fully saturated rings. The minimum atomic E-state index is -0.306. The Morgan fingerprint density at radius 2 is 2.27 bits per heavy atom. The second kappa shape index (κ2) is 5.91. The first kappa shape index (κ1) is 14.6. The molecule has 3 saturated heterocycles. The summed E-state index contributed by atoms with van der Waals surface area (Å²) in [4.78, 5) is 22.0. The smallest absolute Gasteiger partial charge is 0.232 e. The molecule has 2 atom stereocenters. The van der Waals surface area contributed by atoms with Crippen molar-refractivity contribution in [3.8, 4) is 0 Å². The van der Waals surface area contributed by atoms with Crippen LogP contribution < -0.4 is 0 Å². The second-order valence-electron chi connectivity index (χ2n) is 6.69. The Hall–Kier alpha value is -0.980. The molecule has 120 valence electrons. The zero-order chi connectivity index (χ0) is 15.0. The van der Waals surface area contributed by atoms with Gasteiger partial charge in [0.05, 0.1) is 18.1 Å².